The van der Waals surface area contributed by atoms with Gasteiger partial charge in [0, 0.05) is 67.5 Å². The first-order chi connectivity index (χ1) is 46.6. The van der Waals surface area contributed by atoms with Crippen molar-refractivity contribution in [2.24, 2.45) is 0 Å². The minimum absolute atomic E-state index is 0.448. The number of hydrogen-bond donors (Lipinski definition) is 0. The van der Waals surface area contributed by atoms with E-state index in [1.165, 1.54) is 0 Å². The highest BCUT2D eigenvalue weighted by Crippen LogP contribution is 2.44. The molecule has 94 heavy (non-hydrogen) atoms. The maximum atomic E-state index is 6.17. The monoisotopic (exact) mass is 1210 g/mol. The van der Waals surface area contributed by atoms with E-state index < -0.39 is 0 Å². The molecule has 0 aliphatic carbocycles. The summed E-state index contributed by atoms with van der Waals surface area (Å²) in [5.41, 5.74) is 22.8. The summed E-state index contributed by atoms with van der Waals surface area (Å²) in [6, 6.07) is 117. The van der Waals surface area contributed by atoms with Crippen molar-refractivity contribution < 1.29 is 8.83 Å². The molecular formula is C84H56N8O2. The third kappa shape index (κ3) is 11.5. The molecule has 0 aliphatic rings. The number of hydrogen-bond acceptors (Lipinski definition) is 10. The van der Waals surface area contributed by atoms with Gasteiger partial charge in [-0.2, -0.15) is 0 Å². The average Bonchev–Trinajstić information content (AvgIpc) is 0.970. The van der Waals surface area contributed by atoms with Crippen LogP contribution in [0.25, 0.3) is 124 Å². The number of aromatic nitrogens is 6. The van der Waals surface area contributed by atoms with E-state index in [0.29, 0.717) is 23.6 Å². The number of benzene rings is 13. The van der Waals surface area contributed by atoms with Crippen LogP contribution in [0.3, 0.4) is 0 Å². The molecule has 10 nitrogen and oxygen atoms in total. The highest BCUT2D eigenvalue weighted by atomic mass is 16.4. The summed E-state index contributed by atoms with van der Waals surface area (Å²) >= 11 is 0. The molecule has 0 bridgehead atoms. The van der Waals surface area contributed by atoms with Crippen molar-refractivity contribution in [2.75, 3.05) is 9.80 Å². The van der Waals surface area contributed by atoms with Crippen LogP contribution in [0.5, 0.6) is 0 Å². The SMILES string of the molecule is c1ccc(-c2cccc(-c3cc4nc(-c5ccc(N(c6ccccc6)c6ccc(-c7nnc(-c8ccccc8)o7)cc6)cc5)c(-c5ccc(N(c6ccccc6)c6ccc(-c7nnc(-c8ccccc8)o7)cc6)cc5)nc4cc3-c3cccc(-c4ccccc4)c3)c2)cc1. The van der Waals surface area contributed by atoms with Crippen LogP contribution < -0.4 is 9.80 Å². The van der Waals surface area contributed by atoms with Crippen LogP contribution in [-0.4, -0.2) is 30.4 Å². The van der Waals surface area contributed by atoms with E-state index in [1.54, 1.807) is 0 Å². The van der Waals surface area contributed by atoms with E-state index in [0.717, 1.165) is 134 Å². The van der Waals surface area contributed by atoms with Gasteiger partial charge in [0.05, 0.1) is 22.4 Å². The molecule has 10 heteroatoms. The molecule has 13 aromatic carbocycles. The first kappa shape index (κ1) is 56.3. The van der Waals surface area contributed by atoms with E-state index in [9.17, 15) is 0 Å². The average molecular weight is 1210 g/mol. The predicted octanol–water partition coefficient (Wildman–Crippen LogP) is 22.0. The van der Waals surface area contributed by atoms with Gasteiger partial charge in [-0.3, -0.25) is 0 Å². The van der Waals surface area contributed by atoms with E-state index >= 15 is 0 Å². The van der Waals surface area contributed by atoms with Gasteiger partial charge in [-0.1, -0.05) is 194 Å². The predicted molar refractivity (Wildman–Crippen MR) is 379 cm³/mol. The van der Waals surface area contributed by atoms with Crippen LogP contribution in [0.4, 0.5) is 34.1 Å². The second kappa shape index (κ2) is 25.2. The minimum atomic E-state index is 0.448. The van der Waals surface area contributed by atoms with Crippen LogP contribution >= 0.6 is 0 Å². The summed E-state index contributed by atoms with van der Waals surface area (Å²) in [5.74, 6) is 1.84. The first-order valence-corrected chi connectivity index (χ1v) is 31.1. The Kier molecular flexibility index (Phi) is 15.1. The largest absolute Gasteiger partial charge is 0.416 e. The van der Waals surface area contributed by atoms with Crippen molar-refractivity contribution >= 4 is 45.2 Å². The van der Waals surface area contributed by atoms with Crippen molar-refractivity contribution in [2.45, 2.75) is 0 Å². The summed E-state index contributed by atoms with van der Waals surface area (Å²) < 4.78 is 12.3. The molecule has 16 rings (SSSR count). The molecule has 0 aliphatic heterocycles. The first-order valence-electron chi connectivity index (χ1n) is 31.1. The lowest BCUT2D eigenvalue weighted by Crippen LogP contribution is -2.10. The Bertz CT molecular complexity index is 4930. The van der Waals surface area contributed by atoms with Crippen molar-refractivity contribution in [1.82, 2.24) is 30.4 Å². The number of para-hydroxylation sites is 2. The lowest BCUT2D eigenvalue weighted by Gasteiger charge is -2.26. The fraction of sp³-hybridized carbons (Fsp3) is 0. The van der Waals surface area contributed by atoms with Gasteiger partial charge in [-0.25, -0.2) is 9.97 Å². The molecule has 444 valence electrons. The molecule has 0 atom stereocenters. The van der Waals surface area contributed by atoms with Crippen molar-refractivity contribution in [3.8, 4) is 113 Å². The van der Waals surface area contributed by atoms with Gasteiger partial charge in [0.2, 0.25) is 23.6 Å². The molecule has 16 aromatic rings. The summed E-state index contributed by atoms with van der Waals surface area (Å²) in [7, 11) is 0. The minimum Gasteiger partial charge on any atom is -0.416 e. The normalized spacial score (nSPS) is 11.2. The van der Waals surface area contributed by atoms with Crippen LogP contribution in [0, 0.1) is 0 Å². The topological polar surface area (TPSA) is 110 Å². The molecule has 0 amide bonds. The summed E-state index contributed by atoms with van der Waals surface area (Å²) in [6.07, 6.45) is 0. The third-order valence-corrected chi connectivity index (χ3v) is 16.8. The Morgan fingerprint density at radius 1 is 0.191 bits per heavy atom. The van der Waals surface area contributed by atoms with Crippen LogP contribution in [0.2, 0.25) is 0 Å². The highest BCUT2D eigenvalue weighted by molar-refractivity contribution is 5.97. The molecule has 0 unspecified atom stereocenters. The second-order valence-corrected chi connectivity index (χ2v) is 22.8. The number of rotatable bonds is 16. The Hall–Kier alpha value is -12.9. The van der Waals surface area contributed by atoms with Gasteiger partial charge in [0.15, 0.2) is 0 Å². The summed E-state index contributed by atoms with van der Waals surface area (Å²) in [5, 5.41) is 17.5. The van der Waals surface area contributed by atoms with Crippen molar-refractivity contribution in [1.29, 1.82) is 0 Å². The second-order valence-electron chi connectivity index (χ2n) is 22.8. The highest BCUT2D eigenvalue weighted by Gasteiger charge is 2.22. The van der Waals surface area contributed by atoms with Crippen molar-refractivity contribution in [3.63, 3.8) is 0 Å². The zero-order valence-electron chi connectivity index (χ0n) is 50.7. The number of anilines is 6. The molecule has 3 aromatic heterocycles. The van der Waals surface area contributed by atoms with Crippen LogP contribution in [0.1, 0.15) is 0 Å². The standard InChI is InChI=1S/C84H56N8O2/c1-7-21-57(22-8-1)65-29-19-31-67(53-65)75-55-77-78(56-76(75)68-32-20-30-66(54-68)58-23-9-2-10-24-58)86-80(60-39-47-72(48-40-60)92(70-35-17-6-18-36-70)74-51-43-64(44-52-74)84-90-88-82(94-84)62-27-13-4-14-28-62)79(85-77)59-37-45-71(46-38-59)91(69-33-15-5-16-34-69)73-49-41-63(42-50-73)83-89-87-81(93-83)61-25-11-3-12-26-61/h1-56H. The van der Waals surface area contributed by atoms with Crippen LogP contribution in [-0.2, 0) is 0 Å². The Morgan fingerprint density at radius 3 is 0.755 bits per heavy atom. The molecule has 0 saturated heterocycles. The van der Waals surface area contributed by atoms with Gasteiger partial charge < -0.3 is 18.6 Å². The Morgan fingerprint density at radius 2 is 0.436 bits per heavy atom. The molecule has 0 fully saturated rings. The van der Waals surface area contributed by atoms with Gasteiger partial charge in [0.1, 0.15) is 0 Å². The van der Waals surface area contributed by atoms with Gasteiger partial charge in [-0.05, 0) is 190 Å². The number of fused-ring (bicyclic) bond motifs is 1. The van der Waals surface area contributed by atoms with Crippen LogP contribution in [0.15, 0.2) is 349 Å². The number of nitrogens with zero attached hydrogens (tertiary/aromatic N) is 8. The maximum absolute atomic E-state index is 6.17. The zero-order chi connectivity index (χ0) is 62.6. The third-order valence-electron chi connectivity index (χ3n) is 16.8. The summed E-state index contributed by atoms with van der Waals surface area (Å²) in [6.45, 7) is 0. The Labute approximate surface area is 543 Å². The molecule has 0 radical (unpaired) electrons. The van der Waals surface area contributed by atoms with Gasteiger partial charge in [0.25, 0.3) is 0 Å². The fourth-order valence-corrected chi connectivity index (χ4v) is 12.1. The smallest absolute Gasteiger partial charge is 0.248 e. The summed E-state index contributed by atoms with van der Waals surface area (Å²) in [4.78, 5) is 15.9. The van der Waals surface area contributed by atoms with E-state index in [2.05, 4.69) is 273 Å². The molecule has 0 spiro atoms. The fourth-order valence-electron chi connectivity index (χ4n) is 12.1. The van der Waals surface area contributed by atoms with Gasteiger partial charge in [-0.15, -0.1) is 20.4 Å². The molecule has 0 N–H and O–H groups in total. The molecular weight excluding hydrogens is 1150 g/mol. The van der Waals surface area contributed by atoms with Gasteiger partial charge >= 0.3 is 0 Å². The van der Waals surface area contributed by atoms with E-state index in [-0.39, 0.29) is 0 Å². The maximum Gasteiger partial charge on any atom is 0.248 e. The van der Waals surface area contributed by atoms with Crippen molar-refractivity contribution in [3.05, 3.63) is 340 Å². The van der Waals surface area contributed by atoms with E-state index in [1.807, 2.05) is 97.1 Å². The quantitative estimate of drug-likeness (QED) is 0.0927. The lowest BCUT2D eigenvalue weighted by atomic mass is 9.90. The van der Waals surface area contributed by atoms with E-state index in [4.69, 9.17) is 18.8 Å². The molecule has 0 saturated carbocycles. The Balaban J connectivity index is 0.819. The lowest BCUT2D eigenvalue weighted by molar-refractivity contribution is 0.584. The molecule has 3 heterocycles. The zero-order valence-corrected chi connectivity index (χ0v) is 50.7.